The number of aryl methyl sites for hydroxylation is 2. The summed E-state index contributed by atoms with van der Waals surface area (Å²) in [5.41, 5.74) is 2.18. The lowest BCUT2D eigenvalue weighted by atomic mass is 9.89. The van der Waals surface area contributed by atoms with E-state index >= 15 is 0 Å². The summed E-state index contributed by atoms with van der Waals surface area (Å²) >= 11 is 0. The van der Waals surface area contributed by atoms with Gasteiger partial charge in [0.1, 0.15) is 5.56 Å². The van der Waals surface area contributed by atoms with Crippen LogP contribution in [0.25, 0.3) is 0 Å². The van der Waals surface area contributed by atoms with Crippen molar-refractivity contribution in [3.63, 3.8) is 0 Å². The van der Waals surface area contributed by atoms with Crippen LogP contribution in [-0.2, 0) is 0 Å². The molecule has 2 aromatic rings. The molecular formula is C19H23N3O3. The van der Waals surface area contributed by atoms with Crippen molar-refractivity contribution in [2.24, 2.45) is 5.92 Å². The minimum absolute atomic E-state index is 0.0667. The van der Waals surface area contributed by atoms with Gasteiger partial charge in [-0.25, -0.2) is 0 Å². The van der Waals surface area contributed by atoms with Crippen molar-refractivity contribution in [3.8, 4) is 0 Å². The number of likely N-dealkylation sites (tertiary alicyclic amines) is 1. The molecule has 0 aromatic carbocycles. The van der Waals surface area contributed by atoms with Crippen LogP contribution in [0.3, 0.4) is 0 Å². The van der Waals surface area contributed by atoms with E-state index in [1.165, 1.54) is 0 Å². The summed E-state index contributed by atoms with van der Waals surface area (Å²) in [5.74, 6) is -0.174. The lowest BCUT2D eigenvalue weighted by molar-refractivity contribution is 0.0446. The molecule has 0 bridgehead atoms. The first-order valence-electron chi connectivity index (χ1n) is 8.56. The molecule has 1 aliphatic heterocycles. The minimum atomic E-state index is -0.622. The Hall–Kier alpha value is -2.47. The Bertz CT molecular complexity index is 808. The number of carbonyl (C=O) groups excluding carboxylic acids is 1. The van der Waals surface area contributed by atoms with E-state index in [1.807, 2.05) is 32.0 Å². The van der Waals surface area contributed by atoms with Crippen molar-refractivity contribution < 1.29 is 9.90 Å². The van der Waals surface area contributed by atoms with Gasteiger partial charge in [-0.15, -0.1) is 0 Å². The predicted octanol–water partition coefficient (Wildman–Crippen LogP) is 1.97. The number of aliphatic hydroxyl groups is 1. The molecule has 1 atom stereocenters. The number of carbonyl (C=O) groups is 1. The lowest BCUT2D eigenvalue weighted by Gasteiger charge is -2.34. The molecule has 25 heavy (non-hydrogen) atoms. The zero-order valence-corrected chi connectivity index (χ0v) is 14.5. The van der Waals surface area contributed by atoms with Crippen LogP contribution in [0.5, 0.6) is 0 Å². The Labute approximate surface area is 146 Å². The molecule has 6 heteroatoms. The highest BCUT2D eigenvalue weighted by molar-refractivity contribution is 5.94. The normalized spacial score (nSPS) is 16.7. The third-order valence-corrected chi connectivity index (χ3v) is 4.99. The maximum absolute atomic E-state index is 12.7. The van der Waals surface area contributed by atoms with Crippen molar-refractivity contribution in [3.05, 3.63) is 63.3 Å². The Morgan fingerprint density at radius 1 is 1.32 bits per heavy atom. The van der Waals surface area contributed by atoms with E-state index in [-0.39, 0.29) is 22.9 Å². The lowest BCUT2D eigenvalue weighted by Crippen LogP contribution is -2.41. The van der Waals surface area contributed by atoms with Gasteiger partial charge in [0.25, 0.3) is 11.5 Å². The van der Waals surface area contributed by atoms with E-state index in [4.69, 9.17) is 0 Å². The molecule has 1 fully saturated rings. The van der Waals surface area contributed by atoms with Gasteiger partial charge < -0.3 is 15.0 Å². The maximum atomic E-state index is 12.7. The first-order valence-corrected chi connectivity index (χ1v) is 8.56. The summed E-state index contributed by atoms with van der Waals surface area (Å²) in [6.45, 7) is 4.74. The largest absolute Gasteiger partial charge is 0.387 e. The van der Waals surface area contributed by atoms with Gasteiger partial charge in [0.05, 0.1) is 11.8 Å². The van der Waals surface area contributed by atoms with Gasteiger partial charge in [0.15, 0.2) is 0 Å². The molecule has 2 N–H and O–H groups in total. The van der Waals surface area contributed by atoms with E-state index in [1.54, 1.807) is 17.2 Å². The summed E-state index contributed by atoms with van der Waals surface area (Å²) in [7, 11) is 0. The first kappa shape index (κ1) is 17.4. The van der Waals surface area contributed by atoms with E-state index < -0.39 is 6.10 Å². The number of hydrogen-bond donors (Lipinski definition) is 2. The molecule has 0 unspecified atom stereocenters. The van der Waals surface area contributed by atoms with Crippen LogP contribution in [0.2, 0.25) is 0 Å². The van der Waals surface area contributed by atoms with Crippen LogP contribution < -0.4 is 5.56 Å². The van der Waals surface area contributed by atoms with Gasteiger partial charge in [0, 0.05) is 25.0 Å². The Morgan fingerprint density at radius 3 is 2.68 bits per heavy atom. The number of aromatic amines is 1. The number of rotatable bonds is 3. The van der Waals surface area contributed by atoms with Crippen LogP contribution in [-0.4, -0.2) is 39.0 Å². The number of nitrogens with zero attached hydrogens (tertiary/aromatic N) is 2. The molecule has 3 rings (SSSR count). The van der Waals surface area contributed by atoms with Gasteiger partial charge >= 0.3 is 0 Å². The predicted molar refractivity (Wildman–Crippen MR) is 94.4 cm³/mol. The molecule has 0 aliphatic carbocycles. The average molecular weight is 341 g/mol. The zero-order chi connectivity index (χ0) is 18.0. The summed E-state index contributed by atoms with van der Waals surface area (Å²) in [4.78, 5) is 33.4. The average Bonchev–Trinajstić information content (AvgIpc) is 2.64. The fourth-order valence-electron chi connectivity index (χ4n) is 3.27. The smallest absolute Gasteiger partial charge is 0.261 e. The standard InChI is InChI=1S/C19H23N3O3/c1-12-11-15(18(24)21-13(12)2)19(25)22-9-6-14(7-10-22)17(23)16-5-3-4-8-20-16/h3-5,8,11,14,17,23H,6-7,9-10H2,1-2H3,(H,21,24)/t17-/m1/s1. The quantitative estimate of drug-likeness (QED) is 0.894. The number of hydrogen-bond acceptors (Lipinski definition) is 4. The molecule has 0 spiro atoms. The fourth-order valence-corrected chi connectivity index (χ4v) is 3.27. The number of piperidine rings is 1. The van der Waals surface area contributed by atoms with Crippen LogP contribution in [0.15, 0.2) is 35.3 Å². The molecule has 1 saturated heterocycles. The second-order valence-corrected chi connectivity index (χ2v) is 6.65. The SMILES string of the molecule is Cc1cc(C(=O)N2CCC([C@@H](O)c3ccccn3)CC2)c(=O)[nH]c1C. The van der Waals surface area contributed by atoms with Crippen molar-refractivity contribution in [1.29, 1.82) is 0 Å². The first-order chi connectivity index (χ1) is 12.0. The van der Waals surface area contributed by atoms with Gasteiger partial charge in [-0.05, 0) is 56.4 Å². The van der Waals surface area contributed by atoms with Gasteiger partial charge in [-0.1, -0.05) is 6.07 Å². The number of pyridine rings is 2. The molecular weight excluding hydrogens is 318 g/mol. The second kappa shape index (κ2) is 7.19. The van der Waals surface area contributed by atoms with Crippen molar-refractivity contribution in [2.75, 3.05) is 13.1 Å². The third kappa shape index (κ3) is 3.64. The van der Waals surface area contributed by atoms with E-state index in [0.29, 0.717) is 31.6 Å². The molecule has 6 nitrogen and oxygen atoms in total. The maximum Gasteiger partial charge on any atom is 0.261 e. The Balaban J connectivity index is 1.67. The number of aromatic nitrogens is 2. The zero-order valence-electron chi connectivity index (χ0n) is 14.5. The Morgan fingerprint density at radius 2 is 2.04 bits per heavy atom. The molecule has 2 aromatic heterocycles. The summed E-state index contributed by atoms with van der Waals surface area (Å²) < 4.78 is 0. The van der Waals surface area contributed by atoms with Crippen molar-refractivity contribution >= 4 is 5.91 Å². The highest BCUT2D eigenvalue weighted by Gasteiger charge is 2.30. The van der Waals surface area contributed by atoms with Crippen molar-refractivity contribution in [1.82, 2.24) is 14.9 Å². The van der Waals surface area contributed by atoms with Gasteiger partial charge in [0.2, 0.25) is 0 Å². The van der Waals surface area contributed by atoms with E-state index in [9.17, 15) is 14.7 Å². The summed E-state index contributed by atoms with van der Waals surface area (Å²) in [6.07, 6.45) is 2.42. The molecule has 1 aliphatic rings. The molecule has 1 amide bonds. The van der Waals surface area contributed by atoms with Gasteiger partial charge in [-0.3, -0.25) is 14.6 Å². The summed E-state index contributed by atoms with van der Waals surface area (Å²) in [6, 6.07) is 7.15. The van der Waals surface area contributed by atoms with E-state index in [2.05, 4.69) is 9.97 Å². The van der Waals surface area contributed by atoms with Crippen LogP contribution >= 0.6 is 0 Å². The van der Waals surface area contributed by atoms with Gasteiger partial charge in [-0.2, -0.15) is 0 Å². The topological polar surface area (TPSA) is 86.3 Å². The summed E-state index contributed by atoms with van der Waals surface area (Å²) in [5, 5.41) is 10.5. The number of H-pyrrole nitrogens is 1. The highest BCUT2D eigenvalue weighted by Crippen LogP contribution is 2.30. The number of aliphatic hydroxyl groups excluding tert-OH is 1. The minimum Gasteiger partial charge on any atom is -0.387 e. The highest BCUT2D eigenvalue weighted by atomic mass is 16.3. The van der Waals surface area contributed by atoms with E-state index in [0.717, 1.165) is 11.3 Å². The molecule has 0 radical (unpaired) electrons. The molecule has 132 valence electrons. The fraction of sp³-hybridized carbons (Fsp3) is 0.421. The number of amides is 1. The second-order valence-electron chi connectivity index (χ2n) is 6.65. The van der Waals surface area contributed by atoms with Crippen molar-refractivity contribution in [2.45, 2.75) is 32.8 Å². The number of nitrogens with one attached hydrogen (secondary N) is 1. The third-order valence-electron chi connectivity index (χ3n) is 4.99. The molecule has 0 saturated carbocycles. The van der Waals surface area contributed by atoms with Crippen LogP contribution in [0, 0.1) is 19.8 Å². The Kier molecular flexibility index (Phi) is 4.99. The monoisotopic (exact) mass is 341 g/mol. The molecule has 3 heterocycles. The van der Waals surface area contributed by atoms with Crippen LogP contribution in [0.4, 0.5) is 0 Å². The van der Waals surface area contributed by atoms with Crippen LogP contribution in [0.1, 0.15) is 46.3 Å².